The van der Waals surface area contributed by atoms with Crippen LogP contribution in [0, 0.1) is 18.6 Å². The van der Waals surface area contributed by atoms with Crippen LogP contribution in [0.2, 0.25) is 0 Å². The third-order valence-electron chi connectivity index (χ3n) is 3.05. The molecule has 5 heteroatoms. The molecule has 1 unspecified atom stereocenters. The summed E-state index contributed by atoms with van der Waals surface area (Å²) in [6.07, 6.45) is 1.60. The van der Waals surface area contributed by atoms with Gasteiger partial charge in [0.05, 0.1) is 11.7 Å². The minimum absolute atomic E-state index is 0.0288. The second kappa shape index (κ2) is 4.86. The number of hydrogen-bond acceptors (Lipinski definition) is 2. The van der Waals surface area contributed by atoms with Gasteiger partial charge in [0, 0.05) is 18.8 Å². The van der Waals surface area contributed by atoms with Crippen LogP contribution in [0.15, 0.2) is 24.4 Å². The van der Waals surface area contributed by atoms with Crippen LogP contribution in [0.4, 0.5) is 8.78 Å². The van der Waals surface area contributed by atoms with Gasteiger partial charge in [0.2, 0.25) is 0 Å². The Balaban J connectivity index is 2.59. The fourth-order valence-electron chi connectivity index (χ4n) is 2.05. The molecule has 0 aliphatic rings. The van der Waals surface area contributed by atoms with Gasteiger partial charge < -0.3 is 5.32 Å². The van der Waals surface area contributed by atoms with E-state index in [2.05, 4.69) is 10.4 Å². The Morgan fingerprint density at radius 2 is 2.00 bits per heavy atom. The molecule has 1 heterocycles. The van der Waals surface area contributed by atoms with Crippen molar-refractivity contribution in [2.75, 3.05) is 7.05 Å². The average molecular weight is 251 g/mol. The molecule has 0 radical (unpaired) electrons. The zero-order chi connectivity index (χ0) is 13.3. The van der Waals surface area contributed by atoms with Crippen LogP contribution in [0.5, 0.6) is 0 Å². The van der Waals surface area contributed by atoms with E-state index in [1.165, 1.54) is 12.1 Å². The quantitative estimate of drug-likeness (QED) is 0.907. The first-order valence-electron chi connectivity index (χ1n) is 5.66. The monoisotopic (exact) mass is 251 g/mol. The molecular weight excluding hydrogens is 236 g/mol. The Bertz CT molecular complexity index is 563. The first-order valence-corrected chi connectivity index (χ1v) is 5.66. The van der Waals surface area contributed by atoms with Gasteiger partial charge in [-0.05, 0) is 31.7 Å². The Morgan fingerprint density at radius 1 is 1.28 bits per heavy atom. The van der Waals surface area contributed by atoms with E-state index in [1.807, 2.05) is 0 Å². The lowest BCUT2D eigenvalue weighted by molar-refractivity contribution is 0.503. The molecule has 1 atom stereocenters. The van der Waals surface area contributed by atoms with E-state index in [1.54, 1.807) is 38.0 Å². The highest BCUT2D eigenvalue weighted by Crippen LogP contribution is 2.27. The molecule has 1 aromatic carbocycles. The highest BCUT2D eigenvalue weighted by Gasteiger charge is 2.23. The molecule has 0 amide bonds. The van der Waals surface area contributed by atoms with Crippen molar-refractivity contribution >= 4 is 0 Å². The molecule has 96 valence electrons. The van der Waals surface area contributed by atoms with Gasteiger partial charge in [-0.3, -0.25) is 4.68 Å². The number of benzene rings is 1. The Hall–Kier alpha value is -1.75. The van der Waals surface area contributed by atoms with Crippen molar-refractivity contribution in [1.29, 1.82) is 0 Å². The summed E-state index contributed by atoms with van der Waals surface area (Å²) < 4.78 is 29.6. The summed E-state index contributed by atoms with van der Waals surface area (Å²) in [6, 6.07) is 3.90. The van der Waals surface area contributed by atoms with Gasteiger partial charge >= 0.3 is 0 Å². The maximum Gasteiger partial charge on any atom is 0.134 e. The van der Waals surface area contributed by atoms with Crippen LogP contribution in [-0.2, 0) is 7.05 Å². The number of hydrogen-bond donors (Lipinski definition) is 1. The van der Waals surface area contributed by atoms with Gasteiger partial charge in [-0.15, -0.1) is 0 Å². The minimum Gasteiger partial charge on any atom is -0.308 e. The third kappa shape index (κ3) is 2.01. The molecule has 18 heavy (non-hydrogen) atoms. The van der Waals surface area contributed by atoms with Crippen LogP contribution in [-0.4, -0.2) is 16.8 Å². The Morgan fingerprint density at radius 3 is 2.56 bits per heavy atom. The maximum absolute atomic E-state index is 14.1. The van der Waals surface area contributed by atoms with Crippen LogP contribution < -0.4 is 5.32 Å². The number of nitrogens with zero attached hydrogens (tertiary/aromatic N) is 2. The number of nitrogens with one attached hydrogen (secondary N) is 1. The minimum atomic E-state index is -0.558. The van der Waals surface area contributed by atoms with Gasteiger partial charge in [0.25, 0.3) is 0 Å². The van der Waals surface area contributed by atoms with Gasteiger partial charge in [0.15, 0.2) is 0 Å². The van der Waals surface area contributed by atoms with Crippen molar-refractivity contribution in [3.63, 3.8) is 0 Å². The molecule has 3 nitrogen and oxygen atoms in total. The van der Waals surface area contributed by atoms with Crippen molar-refractivity contribution in [3.05, 3.63) is 52.9 Å². The standard InChI is InChI=1S/C13H15F2N3/c1-8-4-5-9(14)11(12(8)15)13(16-2)10-6-7-17-18(10)3/h4-7,13,16H,1-3H3. The molecule has 0 bridgehead atoms. The summed E-state index contributed by atoms with van der Waals surface area (Å²) in [4.78, 5) is 0. The summed E-state index contributed by atoms with van der Waals surface area (Å²) in [5.74, 6) is -1.07. The lowest BCUT2D eigenvalue weighted by Crippen LogP contribution is -2.23. The first kappa shape index (κ1) is 12.7. The molecular formula is C13H15F2N3. The molecule has 1 aromatic heterocycles. The molecule has 0 aliphatic carbocycles. The molecule has 2 rings (SSSR count). The summed E-state index contributed by atoms with van der Waals surface area (Å²) >= 11 is 0. The highest BCUT2D eigenvalue weighted by atomic mass is 19.1. The van der Waals surface area contributed by atoms with E-state index in [9.17, 15) is 8.78 Å². The van der Waals surface area contributed by atoms with Gasteiger partial charge in [-0.2, -0.15) is 5.10 Å². The average Bonchev–Trinajstić information content (AvgIpc) is 2.76. The zero-order valence-corrected chi connectivity index (χ0v) is 10.5. The SMILES string of the molecule is CNC(c1c(F)ccc(C)c1F)c1ccnn1C. The fraction of sp³-hybridized carbons (Fsp3) is 0.308. The summed E-state index contributed by atoms with van der Waals surface area (Å²) in [6.45, 7) is 1.62. The van der Waals surface area contributed by atoms with E-state index in [0.29, 0.717) is 11.3 Å². The van der Waals surface area contributed by atoms with Crippen LogP contribution >= 0.6 is 0 Å². The zero-order valence-electron chi connectivity index (χ0n) is 10.5. The molecule has 2 aromatic rings. The van der Waals surface area contributed by atoms with E-state index in [-0.39, 0.29) is 5.56 Å². The Kier molecular flexibility index (Phi) is 3.43. The van der Waals surface area contributed by atoms with Crippen molar-refractivity contribution in [2.45, 2.75) is 13.0 Å². The van der Waals surface area contributed by atoms with Crippen LogP contribution in [0.25, 0.3) is 0 Å². The largest absolute Gasteiger partial charge is 0.308 e. The number of rotatable bonds is 3. The van der Waals surface area contributed by atoms with Gasteiger partial charge in [-0.1, -0.05) is 6.07 Å². The highest BCUT2D eigenvalue weighted by molar-refractivity contribution is 5.34. The second-order valence-electron chi connectivity index (χ2n) is 4.19. The maximum atomic E-state index is 14.1. The third-order valence-corrected chi connectivity index (χ3v) is 3.05. The number of aromatic nitrogens is 2. The number of aryl methyl sites for hydroxylation is 2. The van der Waals surface area contributed by atoms with Gasteiger partial charge in [0.1, 0.15) is 11.6 Å². The smallest absolute Gasteiger partial charge is 0.134 e. The number of halogens is 2. The van der Waals surface area contributed by atoms with Gasteiger partial charge in [-0.25, -0.2) is 8.78 Å². The predicted octanol–water partition coefficient (Wildman–Crippen LogP) is 2.32. The molecule has 0 spiro atoms. The summed E-state index contributed by atoms with van der Waals surface area (Å²) in [5.41, 5.74) is 1.16. The molecule has 0 fully saturated rings. The van der Waals surface area contributed by atoms with Crippen molar-refractivity contribution in [2.24, 2.45) is 7.05 Å². The lowest BCUT2D eigenvalue weighted by Gasteiger charge is -2.19. The van der Waals surface area contributed by atoms with Crippen molar-refractivity contribution in [1.82, 2.24) is 15.1 Å². The molecule has 0 aliphatic heterocycles. The van der Waals surface area contributed by atoms with E-state index < -0.39 is 17.7 Å². The van der Waals surface area contributed by atoms with E-state index in [0.717, 1.165) is 0 Å². The topological polar surface area (TPSA) is 29.9 Å². The van der Waals surface area contributed by atoms with E-state index in [4.69, 9.17) is 0 Å². The summed E-state index contributed by atoms with van der Waals surface area (Å²) in [7, 11) is 3.41. The molecule has 1 N–H and O–H groups in total. The van der Waals surface area contributed by atoms with Crippen molar-refractivity contribution in [3.8, 4) is 0 Å². The first-order chi connectivity index (χ1) is 8.56. The molecule has 0 saturated heterocycles. The predicted molar refractivity (Wildman–Crippen MR) is 65.2 cm³/mol. The molecule has 0 saturated carbocycles. The lowest BCUT2D eigenvalue weighted by atomic mass is 10.00. The van der Waals surface area contributed by atoms with Crippen molar-refractivity contribution < 1.29 is 8.78 Å². The normalized spacial score (nSPS) is 12.7. The summed E-state index contributed by atoms with van der Waals surface area (Å²) in [5, 5.41) is 6.95. The van der Waals surface area contributed by atoms with Crippen LogP contribution in [0.1, 0.15) is 22.9 Å². The van der Waals surface area contributed by atoms with E-state index >= 15 is 0 Å². The van der Waals surface area contributed by atoms with Crippen LogP contribution in [0.3, 0.4) is 0 Å². The Labute approximate surface area is 104 Å². The fourth-order valence-corrected chi connectivity index (χ4v) is 2.05. The second-order valence-corrected chi connectivity index (χ2v) is 4.19.